The Morgan fingerprint density at radius 1 is 1.15 bits per heavy atom. The highest BCUT2D eigenvalue weighted by molar-refractivity contribution is 5.99. The van der Waals surface area contributed by atoms with Crippen LogP contribution in [-0.4, -0.2) is 69.8 Å². The van der Waals surface area contributed by atoms with Gasteiger partial charge >= 0.3 is 0 Å². The lowest BCUT2D eigenvalue weighted by molar-refractivity contribution is -0.111. The van der Waals surface area contributed by atoms with Crippen molar-refractivity contribution in [1.29, 1.82) is 5.26 Å². The third-order valence-electron chi connectivity index (χ3n) is 6.76. The molecule has 0 saturated carbocycles. The fourth-order valence-corrected chi connectivity index (χ4v) is 4.74. The predicted molar refractivity (Wildman–Crippen MR) is 154 cm³/mol. The van der Waals surface area contributed by atoms with E-state index < -0.39 is 17.2 Å². The third-order valence-corrected chi connectivity index (χ3v) is 6.76. The predicted octanol–water partition coefficient (Wildman–Crippen LogP) is 2.77. The number of rotatable bonds is 8. The Kier molecular flexibility index (Phi) is 8.00. The number of hydrogen-bond donors (Lipinski definition) is 3. The smallest absolute Gasteiger partial charge is 0.247 e. The van der Waals surface area contributed by atoms with E-state index >= 15 is 4.39 Å². The summed E-state index contributed by atoms with van der Waals surface area (Å²) in [5, 5.41) is 24.8. The molecule has 12 heteroatoms. The number of anilines is 4. The quantitative estimate of drug-likeness (QED) is 0.281. The van der Waals surface area contributed by atoms with Crippen LogP contribution < -0.4 is 21.0 Å². The summed E-state index contributed by atoms with van der Waals surface area (Å²) < 4.78 is 16.6. The number of piperazine rings is 1. The number of carbonyl (C=O) groups is 1. The molecule has 0 bridgehead atoms. The minimum Gasteiger partial charge on any atom is -0.395 e. The van der Waals surface area contributed by atoms with E-state index in [4.69, 9.17) is 5.11 Å². The number of halogens is 1. The van der Waals surface area contributed by atoms with Gasteiger partial charge in [-0.05, 0) is 42.5 Å². The van der Waals surface area contributed by atoms with E-state index in [0.29, 0.717) is 42.4 Å². The van der Waals surface area contributed by atoms with Gasteiger partial charge in [0.25, 0.3) is 0 Å². The summed E-state index contributed by atoms with van der Waals surface area (Å²) in [6.45, 7) is 6.92. The number of carbonyl (C=O) groups excluding carboxylic acids is 1. The number of aliphatic hydroxyl groups is 1. The Morgan fingerprint density at radius 2 is 1.95 bits per heavy atom. The maximum Gasteiger partial charge on any atom is 0.247 e. The molecule has 1 saturated heterocycles. The Morgan fingerprint density at radius 3 is 2.66 bits per heavy atom. The molecule has 1 fully saturated rings. The summed E-state index contributed by atoms with van der Waals surface area (Å²) >= 11 is 0. The molecule has 2 aromatic heterocycles. The lowest BCUT2D eigenvalue weighted by Gasteiger charge is -2.36. The van der Waals surface area contributed by atoms with Crippen LogP contribution in [0, 0.1) is 17.1 Å². The average molecular weight is 555 g/mol. The van der Waals surface area contributed by atoms with Gasteiger partial charge in [0.15, 0.2) is 11.1 Å². The summed E-state index contributed by atoms with van der Waals surface area (Å²) in [7, 11) is 0. The van der Waals surface area contributed by atoms with E-state index in [0.717, 1.165) is 19.2 Å². The first kappa shape index (κ1) is 27.4. The molecule has 3 N–H and O–H groups in total. The average Bonchev–Trinajstić information content (AvgIpc) is 2.98. The summed E-state index contributed by atoms with van der Waals surface area (Å²) in [6.07, 6.45) is 2.49. The maximum absolute atomic E-state index is 15.1. The van der Waals surface area contributed by atoms with Gasteiger partial charge in [-0.15, -0.1) is 0 Å². The topological polar surface area (TPSA) is 139 Å². The van der Waals surface area contributed by atoms with E-state index in [2.05, 4.69) is 32.1 Å². The fraction of sp³-hybridized carbons (Fsp3) is 0.207. The molecule has 0 atom stereocenters. The van der Waals surface area contributed by atoms with Crippen molar-refractivity contribution in [3.63, 3.8) is 0 Å². The second kappa shape index (κ2) is 12.0. The van der Waals surface area contributed by atoms with Gasteiger partial charge in [0.2, 0.25) is 11.9 Å². The van der Waals surface area contributed by atoms with Gasteiger partial charge in [0.05, 0.1) is 23.4 Å². The number of hydrogen-bond acceptors (Lipinski definition) is 9. The molecule has 1 aliphatic heterocycles. The number of β-amino-alcohol motifs (C(OH)–C–C–N with tert-alkyl or cyclic N) is 1. The summed E-state index contributed by atoms with van der Waals surface area (Å²) in [5.41, 5.74) is 1.60. The lowest BCUT2D eigenvalue weighted by Crippen LogP contribution is -2.47. The van der Waals surface area contributed by atoms with Crippen LogP contribution in [0.1, 0.15) is 5.69 Å². The van der Waals surface area contributed by atoms with Gasteiger partial charge in [-0.3, -0.25) is 19.1 Å². The number of nitrogens with zero attached hydrogens (tertiary/aromatic N) is 6. The van der Waals surface area contributed by atoms with Crippen molar-refractivity contribution in [2.45, 2.75) is 0 Å². The Balaban J connectivity index is 1.47. The van der Waals surface area contributed by atoms with E-state index in [1.165, 1.54) is 22.9 Å². The van der Waals surface area contributed by atoms with Crippen molar-refractivity contribution in [3.05, 3.63) is 89.1 Å². The first-order valence-corrected chi connectivity index (χ1v) is 12.9. The van der Waals surface area contributed by atoms with Crippen LogP contribution in [0.15, 0.2) is 72.2 Å². The highest BCUT2D eigenvalue weighted by atomic mass is 19.1. The highest BCUT2D eigenvalue weighted by Gasteiger charge is 2.20. The van der Waals surface area contributed by atoms with E-state index in [1.807, 2.05) is 11.0 Å². The zero-order chi connectivity index (χ0) is 28.9. The van der Waals surface area contributed by atoms with Crippen LogP contribution in [-0.2, 0) is 4.79 Å². The molecule has 208 valence electrons. The summed E-state index contributed by atoms with van der Waals surface area (Å²) in [6, 6.07) is 14.7. The van der Waals surface area contributed by atoms with Crippen LogP contribution in [0.25, 0.3) is 16.7 Å². The van der Waals surface area contributed by atoms with Crippen molar-refractivity contribution in [2.75, 3.05) is 54.9 Å². The van der Waals surface area contributed by atoms with E-state index in [1.54, 1.807) is 36.4 Å². The zero-order valence-electron chi connectivity index (χ0n) is 22.0. The van der Waals surface area contributed by atoms with Gasteiger partial charge in [0.1, 0.15) is 17.6 Å². The number of aliphatic hydroxyl groups excluding tert-OH is 1. The molecular formula is C29H27FN8O3. The van der Waals surface area contributed by atoms with Gasteiger partial charge in [0, 0.05) is 56.4 Å². The summed E-state index contributed by atoms with van der Waals surface area (Å²) in [5.74, 6) is -0.710. The van der Waals surface area contributed by atoms with Crippen molar-refractivity contribution in [3.8, 4) is 11.8 Å². The number of nitriles is 1. The van der Waals surface area contributed by atoms with Gasteiger partial charge in [-0.25, -0.2) is 9.37 Å². The molecule has 3 heterocycles. The largest absolute Gasteiger partial charge is 0.395 e. The molecular weight excluding hydrogens is 527 g/mol. The molecule has 0 spiro atoms. The monoisotopic (exact) mass is 554 g/mol. The number of nitrogens with one attached hydrogen (secondary N) is 2. The number of benzene rings is 2. The Hall–Kier alpha value is -5.12. The first-order chi connectivity index (χ1) is 19.9. The van der Waals surface area contributed by atoms with E-state index in [9.17, 15) is 14.9 Å². The Labute approximate surface area is 234 Å². The third kappa shape index (κ3) is 5.91. The van der Waals surface area contributed by atoms with Crippen LogP contribution in [0.2, 0.25) is 0 Å². The molecule has 1 aliphatic rings. The second-order valence-electron chi connectivity index (χ2n) is 9.36. The van der Waals surface area contributed by atoms with Crippen LogP contribution in [0.5, 0.6) is 0 Å². The standard InChI is InChI=1S/C29H27FN8O3/c1-2-27(41)33-19-4-3-5-21(14-19)38-22(17-31)16-26(40)23-18-32-29(35-28(23)38)34-20-6-7-25(24(30)15-20)37-10-8-36(9-11-37)12-13-39/h2-7,14-16,18,39H,1,8-13H2,(H,33,41)(H,32,34,35). The van der Waals surface area contributed by atoms with E-state index in [-0.39, 0.29) is 29.3 Å². The minimum atomic E-state index is -0.426. The van der Waals surface area contributed by atoms with Crippen molar-refractivity contribution >= 4 is 40.0 Å². The lowest BCUT2D eigenvalue weighted by atomic mass is 10.2. The Bertz CT molecular complexity index is 1720. The van der Waals surface area contributed by atoms with Crippen LogP contribution in [0.4, 0.5) is 27.4 Å². The molecule has 11 nitrogen and oxygen atoms in total. The van der Waals surface area contributed by atoms with Crippen LogP contribution in [0.3, 0.4) is 0 Å². The first-order valence-electron chi connectivity index (χ1n) is 12.9. The number of pyridine rings is 1. The molecule has 2 aromatic carbocycles. The number of aromatic nitrogens is 3. The second-order valence-corrected chi connectivity index (χ2v) is 9.36. The minimum absolute atomic E-state index is 0.0360. The molecule has 4 aromatic rings. The van der Waals surface area contributed by atoms with Crippen molar-refractivity contribution in [1.82, 2.24) is 19.4 Å². The molecule has 5 rings (SSSR count). The number of fused-ring (bicyclic) bond motifs is 1. The van der Waals surface area contributed by atoms with Crippen LogP contribution >= 0.6 is 0 Å². The van der Waals surface area contributed by atoms with Gasteiger partial charge < -0.3 is 20.6 Å². The fourth-order valence-electron chi connectivity index (χ4n) is 4.74. The molecule has 0 radical (unpaired) electrons. The normalized spacial score (nSPS) is 13.5. The van der Waals surface area contributed by atoms with Gasteiger partial charge in [-0.2, -0.15) is 10.2 Å². The zero-order valence-corrected chi connectivity index (χ0v) is 22.0. The van der Waals surface area contributed by atoms with Crippen molar-refractivity contribution < 1.29 is 14.3 Å². The SMILES string of the molecule is C=CC(=O)Nc1cccc(-n2c(C#N)cc(=O)c3cnc(Nc4ccc(N5CCN(CCO)CC5)c(F)c4)nc32)c1. The highest BCUT2D eigenvalue weighted by Crippen LogP contribution is 2.26. The van der Waals surface area contributed by atoms with Crippen molar-refractivity contribution in [2.24, 2.45) is 0 Å². The molecule has 0 aliphatic carbocycles. The number of amides is 1. The molecule has 0 unspecified atom stereocenters. The molecule has 41 heavy (non-hydrogen) atoms. The van der Waals surface area contributed by atoms with Gasteiger partial charge in [-0.1, -0.05) is 12.6 Å². The molecule has 1 amide bonds. The summed E-state index contributed by atoms with van der Waals surface area (Å²) in [4.78, 5) is 37.4. The maximum atomic E-state index is 15.1.